The Morgan fingerprint density at radius 3 is 2.33 bits per heavy atom. The van der Waals surface area contributed by atoms with Crippen LogP contribution in [0.4, 0.5) is 0 Å². The minimum Gasteiger partial charge on any atom is -0.310 e. The van der Waals surface area contributed by atoms with Gasteiger partial charge in [0.2, 0.25) is 0 Å². The van der Waals surface area contributed by atoms with Crippen LogP contribution in [0.15, 0.2) is 30.6 Å². The normalized spacial score (nSPS) is 25.1. The van der Waals surface area contributed by atoms with Crippen molar-refractivity contribution < 1.29 is 0 Å². The first kappa shape index (κ1) is 10.1. The van der Waals surface area contributed by atoms with Crippen molar-refractivity contribution in [3.05, 3.63) is 30.6 Å². The summed E-state index contributed by atoms with van der Waals surface area (Å²) in [7, 11) is 0. The van der Waals surface area contributed by atoms with Gasteiger partial charge in [0.15, 0.2) is 0 Å². The Labute approximate surface area is 90.1 Å². The highest BCUT2D eigenvalue weighted by Crippen LogP contribution is 2.46. The van der Waals surface area contributed by atoms with Crippen molar-refractivity contribution in [1.82, 2.24) is 10.3 Å². The maximum absolute atomic E-state index is 8.65. The van der Waals surface area contributed by atoms with Gasteiger partial charge >= 0.3 is 0 Å². The summed E-state index contributed by atoms with van der Waals surface area (Å²) >= 11 is 0. The van der Waals surface area contributed by atoms with Crippen molar-refractivity contribution in [3.8, 4) is 6.07 Å². The van der Waals surface area contributed by atoms with Crippen LogP contribution in [0.3, 0.4) is 0 Å². The van der Waals surface area contributed by atoms with E-state index in [4.69, 9.17) is 5.26 Å². The van der Waals surface area contributed by atoms with Gasteiger partial charge in [0.25, 0.3) is 0 Å². The van der Waals surface area contributed by atoms with E-state index in [2.05, 4.69) is 16.4 Å². The molecule has 78 valence electrons. The number of pyridine rings is 1. The average Bonchev–Trinajstić information content (AvgIpc) is 2.95. The third-order valence-electron chi connectivity index (χ3n) is 3.09. The van der Waals surface area contributed by atoms with Crippen molar-refractivity contribution in [2.45, 2.75) is 24.8 Å². The summed E-state index contributed by atoms with van der Waals surface area (Å²) in [5.41, 5.74) is 0.300. The predicted molar refractivity (Wildman–Crippen MR) is 57.9 cm³/mol. The minimum absolute atomic E-state index is 0.300. The molecule has 3 rings (SSSR count). The number of aromatic nitrogens is 1. The van der Waals surface area contributed by atoms with Crippen LogP contribution in [-0.4, -0.2) is 17.1 Å². The molecule has 1 saturated heterocycles. The van der Waals surface area contributed by atoms with Gasteiger partial charge in [0, 0.05) is 17.9 Å². The molecule has 2 fully saturated rings. The predicted octanol–water partition coefficient (Wildman–Crippen LogP) is 1.73. The number of hydrogen-bond acceptors (Lipinski definition) is 3. The zero-order valence-electron chi connectivity index (χ0n) is 8.69. The van der Waals surface area contributed by atoms with Crippen LogP contribution in [0.25, 0.3) is 0 Å². The van der Waals surface area contributed by atoms with E-state index < -0.39 is 0 Å². The van der Waals surface area contributed by atoms with E-state index in [0.29, 0.717) is 11.5 Å². The Hall–Kier alpha value is -1.40. The lowest BCUT2D eigenvalue weighted by atomic mass is 10.0. The van der Waals surface area contributed by atoms with Crippen molar-refractivity contribution in [1.29, 1.82) is 5.26 Å². The zero-order chi connectivity index (χ0) is 10.6. The number of rotatable bonds is 0. The van der Waals surface area contributed by atoms with Crippen molar-refractivity contribution in [2.75, 3.05) is 6.54 Å². The molecule has 1 aromatic rings. The van der Waals surface area contributed by atoms with E-state index in [9.17, 15) is 0 Å². The molecule has 1 atom stereocenters. The van der Waals surface area contributed by atoms with E-state index in [1.807, 2.05) is 18.2 Å². The molecule has 3 heteroatoms. The fourth-order valence-electron chi connectivity index (χ4n) is 2.03. The molecule has 2 aliphatic rings. The number of hydrogen-bond donors (Lipinski definition) is 1. The third-order valence-corrected chi connectivity index (χ3v) is 3.09. The smallest absolute Gasteiger partial charge is 0.0675 e. The maximum atomic E-state index is 8.65. The second kappa shape index (κ2) is 4.41. The Morgan fingerprint density at radius 2 is 2.00 bits per heavy atom. The number of nitrogens with zero attached hydrogens (tertiary/aromatic N) is 2. The van der Waals surface area contributed by atoms with Crippen molar-refractivity contribution in [3.63, 3.8) is 0 Å². The second-order valence-corrected chi connectivity index (χ2v) is 4.08. The van der Waals surface area contributed by atoms with E-state index in [1.165, 1.54) is 12.8 Å². The van der Waals surface area contributed by atoms with Gasteiger partial charge in [0.05, 0.1) is 12.0 Å². The van der Waals surface area contributed by atoms with E-state index >= 15 is 0 Å². The molecule has 3 nitrogen and oxygen atoms in total. The summed E-state index contributed by atoms with van der Waals surface area (Å²) in [6.45, 7) is 1.05. The first-order valence-electron chi connectivity index (χ1n) is 5.37. The molecule has 0 bridgehead atoms. The number of nitriles is 1. The fraction of sp³-hybridized carbons (Fsp3) is 0.500. The van der Waals surface area contributed by atoms with Crippen LogP contribution in [-0.2, 0) is 0 Å². The van der Waals surface area contributed by atoms with Gasteiger partial charge < -0.3 is 5.32 Å². The fourth-order valence-corrected chi connectivity index (χ4v) is 2.03. The molecule has 1 N–H and O–H groups in total. The first-order chi connectivity index (χ1) is 7.37. The molecular weight excluding hydrogens is 186 g/mol. The molecule has 1 aliphatic heterocycles. The molecular formula is C12H15N3. The summed E-state index contributed by atoms with van der Waals surface area (Å²) < 4.78 is 0. The quantitative estimate of drug-likeness (QED) is 0.695. The molecule has 1 saturated carbocycles. The molecule has 15 heavy (non-hydrogen) atoms. The Bertz CT molecular complexity index is 311. The van der Waals surface area contributed by atoms with Crippen LogP contribution < -0.4 is 5.32 Å². The summed E-state index contributed by atoms with van der Waals surface area (Å²) in [4.78, 5) is 3.78. The first-order valence-corrected chi connectivity index (χ1v) is 5.37. The Morgan fingerprint density at radius 1 is 1.27 bits per heavy atom. The van der Waals surface area contributed by atoms with Crippen LogP contribution in [0.5, 0.6) is 0 Å². The van der Waals surface area contributed by atoms with Crippen LogP contribution in [0.2, 0.25) is 0 Å². The maximum Gasteiger partial charge on any atom is 0.0675 e. The lowest BCUT2D eigenvalue weighted by molar-refractivity contribution is 0.518. The van der Waals surface area contributed by atoms with Gasteiger partial charge in [-0.15, -0.1) is 0 Å². The van der Waals surface area contributed by atoms with Gasteiger partial charge in [-0.05, 0) is 37.9 Å². The van der Waals surface area contributed by atoms with E-state index in [-0.39, 0.29) is 0 Å². The molecule has 1 spiro atoms. The van der Waals surface area contributed by atoms with E-state index in [1.54, 1.807) is 12.4 Å². The minimum atomic E-state index is 0.300. The lowest BCUT2D eigenvalue weighted by Crippen LogP contribution is -2.27. The van der Waals surface area contributed by atoms with Gasteiger partial charge in [-0.2, -0.15) is 5.26 Å². The standard InChI is InChI=1S/C7H10N2.C5H5N/c8-5-6-1-4-9-7(6)2-3-7;1-2-4-6-5-3-1/h6,9H,1-4H2;1-5H. The highest BCUT2D eigenvalue weighted by molar-refractivity contribution is 5.16. The van der Waals surface area contributed by atoms with Crippen molar-refractivity contribution in [2.24, 2.45) is 5.92 Å². The van der Waals surface area contributed by atoms with Crippen LogP contribution in [0, 0.1) is 17.2 Å². The second-order valence-electron chi connectivity index (χ2n) is 4.08. The zero-order valence-corrected chi connectivity index (χ0v) is 8.69. The van der Waals surface area contributed by atoms with Gasteiger partial charge in [-0.1, -0.05) is 6.07 Å². The molecule has 0 amide bonds. The van der Waals surface area contributed by atoms with Crippen molar-refractivity contribution >= 4 is 0 Å². The lowest BCUT2D eigenvalue weighted by Gasteiger charge is -2.08. The molecule has 1 aromatic heterocycles. The van der Waals surface area contributed by atoms with Gasteiger partial charge in [-0.25, -0.2) is 0 Å². The SMILES string of the molecule is N#CC1CCNC12CC2.c1ccncc1. The number of nitrogens with one attached hydrogen (secondary N) is 1. The molecule has 0 radical (unpaired) electrons. The molecule has 1 unspecified atom stereocenters. The Kier molecular flexibility index (Phi) is 2.98. The highest BCUT2D eigenvalue weighted by atomic mass is 15.1. The van der Waals surface area contributed by atoms with Gasteiger partial charge in [0.1, 0.15) is 0 Å². The summed E-state index contributed by atoms with van der Waals surface area (Å²) in [5.74, 6) is 0.317. The summed E-state index contributed by atoms with van der Waals surface area (Å²) in [6, 6.07) is 8.07. The van der Waals surface area contributed by atoms with E-state index in [0.717, 1.165) is 13.0 Å². The van der Waals surface area contributed by atoms with Gasteiger partial charge in [-0.3, -0.25) is 4.98 Å². The molecule has 1 aliphatic carbocycles. The molecule has 2 heterocycles. The highest BCUT2D eigenvalue weighted by Gasteiger charge is 2.52. The van der Waals surface area contributed by atoms with Crippen LogP contribution in [0.1, 0.15) is 19.3 Å². The molecule has 0 aromatic carbocycles. The summed E-state index contributed by atoms with van der Waals surface area (Å²) in [6.07, 6.45) is 7.02. The topological polar surface area (TPSA) is 48.7 Å². The third kappa shape index (κ3) is 2.34. The van der Waals surface area contributed by atoms with Crippen LogP contribution >= 0.6 is 0 Å². The summed E-state index contributed by atoms with van der Waals surface area (Å²) in [5, 5.41) is 12.0. The average molecular weight is 201 g/mol. The Balaban J connectivity index is 0.000000124. The largest absolute Gasteiger partial charge is 0.310 e. The monoisotopic (exact) mass is 201 g/mol.